The number of cyclic esters (lactones) is 2. The highest BCUT2D eigenvalue weighted by Gasteiger charge is 2.68. The van der Waals surface area contributed by atoms with Crippen molar-refractivity contribution in [2.75, 3.05) is 19.8 Å². The van der Waals surface area contributed by atoms with Gasteiger partial charge in [0.25, 0.3) is 0 Å². The highest BCUT2D eigenvalue weighted by atomic mass is 16.8. The lowest BCUT2D eigenvalue weighted by molar-refractivity contribution is -0.379. The van der Waals surface area contributed by atoms with Crippen molar-refractivity contribution in [3.8, 4) is 0 Å². The zero-order chi connectivity index (χ0) is 50.9. The van der Waals surface area contributed by atoms with Crippen molar-refractivity contribution in [2.45, 2.75) is 228 Å². The smallest absolute Gasteiger partial charge is 0.427 e. The normalized spacial score (nSPS) is 49.8. The number of allylic oxidation sites excluding steroid dienone is 1. The molecule has 12 N–H and O–H groups in total. The van der Waals surface area contributed by atoms with Crippen molar-refractivity contribution in [1.82, 2.24) is 0 Å². The van der Waals surface area contributed by atoms with Gasteiger partial charge in [0, 0.05) is 12.3 Å². The van der Waals surface area contributed by atoms with E-state index in [1.54, 1.807) is 6.92 Å². The van der Waals surface area contributed by atoms with E-state index < -0.39 is 158 Å². The van der Waals surface area contributed by atoms with E-state index in [2.05, 4.69) is 27.7 Å². The topological polar surface area (TPSA) is 334 Å². The second-order valence-corrected chi connectivity index (χ2v) is 22.9. The van der Waals surface area contributed by atoms with Crippen molar-refractivity contribution < 1.29 is 104 Å². The van der Waals surface area contributed by atoms with E-state index in [1.165, 1.54) is 13.8 Å². The molecule has 4 saturated heterocycles. The van der Waals surface area contributed by atoms with Crippen LogP contribution in [0.5, 0.6) is 0 Å². The summed E-state index contributed by atoms with van der Waals surface area (Å²) in [5.74, 6) is -0.425. The molecule has 4 heterocycles. The van der Waals surface area contributed by atoms with Crippen LogP contribution in [0.2, 0.25) is 0 Å². The van der Waals surface area contributed by atoms with Crippen LogP contribution in [0.1, 0.15) is 107 Å². The third kappa shape index (κ3) is 10.4. The molecule has 0 aromatic carbocycles. The quantitative estimate of drug-likeness (QED) is 0.0545. The van der Waals surface area contributed by atoms with Gasteiger partial charge in [-0.2, -0.15) is 0 Å². The Morgan fingerprint density at radius 2 is 1.41 bits per heavy atom. The van der Waals surface area contributed by atoms with Gasteiger partial charge in [0.2, 0.25) is 0 Å². The van der Waals surface area contributed by atoms with E-state index in [9.17, 15) is 66.1 Å². The minimum absolute atomic E-state index is 0.00670. The first-order valence-corrected chi connectivity index (χ1v) is 24.6. The summed E-state index contributed by atoms with van der Waals surface area (Å²) in [6, 6.07) is 0. The molecule has 7 fully saturated rings. The molecule has 21 nitrogen and oxygen atoms in total. The summed E-state index contributed by atoms with van der Waals surface area (Å²) in [6.07, 6.45) is -19.2. The number of rotatable bonds is 15. The Labute approximate surface area is 403 Å². The van der Waals surface area contributed by atoms with Crippen LogP contribution in [0.3, 0.4) is 0 Å². The number of ether oxygens (including phenoxy) is 8. The SMILES string of the molecule is C/C(=C\CC[C@@](C)(O)[C@@H]1[C@H](O)C[C@H]2[C@@]1(C)CC[C@H]1C(C)(C)[C@@H](O[C@@H]3O[C@H](CO[C@@H]4OC[C@@H](O)[C@H](O)[C@H]4O)[C@@H](O)[C@H](O)[C@H]3O[C@@H]3O[C@@H](C)[C@H](O)[C@@H](O)[C@H]3O)CC[C@]21C)C[C@@H]1OC(=O)O[C@H]1[C@](C)(O)CO. The van der Waals surface area contributed by atoms with Crippen molar-refractivity contribution in [2.24, 2.45) is 34.0 Å². The summed E-state index contributed by atoms with van der Waals surface area (Å²) in [5.41, 5.74) is -3.48. The predicted octanol–water partition coefficient (Wildman–Crippen LogP) is -0.759. The summed E-state index contributed by atoms with van der Waals surface area (Å²) in [5, 5.41) is 130. The van der Waals surface area contributed by atoms with Crippen LogP contribution in [0.25, 0.3) is 0 Å². The van der Waals surface area contributed by atoms with Crippen LogP contribution in [0.4, 0.5) is 4.79 Å². The highest BCUT2D eigenvalue weighted by Crippen LogP contribution is 2.71. The number of carbonyl (C=O) groups is 1. The van der Waals surface area contributed by atoms with Gasteiger partial charge in [0.15, 0.2) is 25.0 Å². The fourth-order valence-corrected chi connectivity index (χ4v) is 13.8. The average Bonchev–Trinajstić information content (AvgIpc) is 3.80. The third-order valence-electron chi connectivity index (χ3n) is 17.6. The monoisotopic (exact) mass is 993 g/mol. The van der Waals surface area contributed by atoms with Crippen molar-refractivity contribution in [1.29, 1.82) is 0 Å². The van der Waals surface area contributed by atoms with Crippen molar-refractivity contribution in [3.63, 3.8) is 0 Å². The maximum atomic E-state index is 12.3. The first kappa shape index (κ1) is 55.0. The zero-order valence-corrected chi connectivity index (χ0v) is 41.0. The Bertz CT molecular complexity index is 1800. The van der Waals surface area contributed by atoms with Crippen LogP contribution in [-0.2, 0) is 37.9 Å². The number of fused-ring (bicyclic) bond motifs is 3. The van der Waals surface area contributed by atoms with Gasteiger partial charge in [-0.3, -0.25) is 0 Å². The van der Waals surface area contributed by atoms with Crippen LogP contribution in [-0.4, -0.2) is 209 Å². The fourth-order valence-electron chi connectivity index (χ4n) is 13.8. The van der Waals surface area contributed by atoms with E-state index in [-0.39, 0.29) is 30.3 Å². The molecule has 21 heteroatoms. The Balaban J connectivity index is 1.05. The van der Waals surface area contributed by atoms with Crippen LogP contribution in [0.15, 0.2) is 11.6 Å². The Morgan fingerprint density at radius 1 is 0.739 bits per heavy atom. The summed E-state index contributed by atoms with van der Waals surface area (Å²) < 4.78 is 46.5. The average molecular weight is 993 g/mol. The van der Waals surface area contributed by atoms with Crippen molar-refractivity contribution >= 4 is 6.16 Å². The van der Waals surface area contributed by atoms with Crippen molar-refractivity contribution in [3.05, 3.63) is 11.6 Å². The van der Waals surface area contributed by atoms with E-state index in [1.807, 2.05) is 13.0 Å². The van der Waals surface area contributed by atoms with Crippen LogP contribution in [0, 0.1) is 34.0 Å². The molecular formula is C48H80O21. The molecule has 0 bridgehead atoms. The number of hydrogen-bond donors (Lipinski definition) is 12. The second-order valence-electron chi connectivity index (χ2n) is 22.9. The van der Waals surface area contributed by atoms with Gasteiger partial charge in [-0.25, -0.2) is 4.79 Å². The van der Waals surface area contributed by atoms with E-state index in [4.69, 9.17) is 37.9 Å². The molecule has 0 radical (unpaired) electrons. The lowest BCUT2D eigenvalue weighted by atomic mass is 9.42. The largest absolute Gasteiger partial charge is 0.509 e. The Kier molecular flexibility index (Phi) is 16.4. The summed E-state index contributed by atoms with van der Waals surface area (Å²) in [7, 11) is 0. The molecule has 0 aromatic heterocycles. The standard InChI is InChI=1S/C48H80O21/c1-21(16-25-39(48(8,61)20-49)69-43(59)66-25)10-9-13-47(7,60)38-23(50)17-28-45(5)15-12-29(44(3,4)27(45)11-14-46(28,38)6)67-42-37(68-41-36(58)33(55)30(52)22(2)64-41)34(56)32(54)26(65-42)19-63-40-35(57)31(53)24(51)18-62-40/h10,22-42,49-58,60-61H,9,11-20H2,1-8H3/b21-10+/t22-,23+,24+,25-,26+,27-,28+,29-,30-,31-,32+,33+,34-,35+,36+,37+,38+,39+,40-,41-,42-,45-,46+,47+,48+/m0/s1. The Morgan fingerprint density at radius 3 is 2.09 bits per heavy atom. The lowest BCUT2D eigenvalue weighted by Crippen LogP contribution is -2.66. The lowest BCUT2D eigenvalue weighted by Gasteiger charge is -2.64. The predicted molar refractivity (Wildman–Crippen MR) is 237 cm³/mol. The molecule has 3 saturated carbocycles. The van der Waals surface area contributed by atoms with Gasteiger partial charge in [0.05, 0.1) is 43.7 Å². The van der Waals surface area contributed by atoms with Gasteiger partial charge in [-0.1, -0.05) is 39.3 Å². The maximum Gasteiger partial charge on any atom is 0.509 e. The number of hydrogen-bond acceptors (Lipinski definition) is 21. The first-order valence-electron chi connectivity index (χ1n) is 24.6. The molecule has 0 spiro atoms. The Hall–Kier alpha value is -1.71. The molecule has 7 aliphatic rings. The van der Waals surface area contributed by atoms with Gasteiger partial charge in [-0.05, 0) is 101 Å². The van der Waals surface area contributed by atoms with Gasteiger partial charge in [0.1, 0.15) is 72.7 Å². The molecule has 0 amide bonds. The van der Waals surface area contributed by atoms with E-state index >= 15 is 0 Å². The van der Waals surface area contributed by atoms with Crippen LogP contribution < -0.4 is 0 Å². The molecule has 4 aliphatic heterocycles. The van der Waals surface area contributed by atoms with Crippen LogP contribution >= 0.6 is 0 Å². The molecule has 7 rings (SSSR count). The molecule has 0 unspecified atom stereocenters. The second kappa shape index (κ2) is 20.5. The zero-order valence-electron chi connectivity index (χ0n) is 41.0. The summed E-state index contributed by atoms with van der Waals surface area (Å²) >= 11 is 0. The molecule has 0 aromatic rings. The first-order chi connectivity index (χ1) is 32.1. The number of carbonyl (C=O) groups excluding carboxylic acids is 1. The molecular weight excluding hydrogens is 913 g/mol. The number of aliphatic hydroxyl groups excluding tert-OH is 10. The fraction of sp³-hybridized carbons (Fsp3) is 0.938. The molecule has 398 valence electrons. The van der Waals surface area contributed by atoms with Gasteiger partial charge in [-0.15, -0.1) is 0 Å². The number of aliphatic hydroxyl groups is 12. The highest BCUT2D eigenvalue weighted by molar-refractivity contribution is 5.63. The van der Waals surface area contributed by atoms with Gasteiger partial charge >= 0.3 is 6.16 Å². The third-order valence-corrected chi connectivity index (χ3v) is 17.6. The minimum atomic E-state index is -1.75. The summed E-state index contributed by atoms with van der Waals surface area (Å²) in [4.78, 5) is 12.0. The molecule has 25 atom stereocenters. The molecule has 69 heavy (non-hydrogen) atoms. The minimum Gasteiger partial charge on any atom is -0.427 e. The van der Waals surface area contributed by atoms with E-state index in [0.717, 1.165) is 12.0 Å². The van der Waals surface area contributed by atoms with E-state index in [0.29, 0.717) is 38.5 Å². The molecule has 3 aliphatic carbocycles. The van der Waals surface area contributed by atoms with Gasteiger partial charge < -0.3 is 99.2 Å². The summed E-state index contributed by atoms with van der Waals surface area (Å²) in [6.45, 7) is 13.7. The maximum absolute atomic E-state index is 12.3.